The normalized spacial score (nSPS) is 12.8. The van der Waals surface area contributed by atoms with Crippen LogP contribution in [0.25, 0.3) is 11.5 Å². The van der Waals surface area contributed by atoms with Crippen LogP contribution in [0.1, 0.15) is 25.7 Å². The highest BCUT2D eigenvalue weighted by Crippen LogP contribution is 2.29. The number of hydrogen-bond acceptors (Lipinski definition) is 6. The summed E-state index contributed by atoms with van der Waals surface area (Å²) < 4.78 is 5.39. The van der Waals surface area contributed by atoms with Crippen molar-refractivity contribution in [2.45, 2.75) is 24.8 Å². The fourth-order valence-corrected chi connectivity index (χ4v) is 2.75. The molecule has 2 N–H and O–H groups in total. The molecule has 1 unspecified atom stereocenters. The van der Waals surface area contributed by atoms with Gasteiger partial charge >= 0.3 is 0 Å². The highest BCUT2D eigenvalue weighted by molar-refractivity contribution is 7.98. The van der Waals surface area contributed by atoms with E-state index in [1.54, 1.807) is 11.8 Å². The average molecular weight is 306 g/mol. The van der Waals surface area contributed by atoms with E-state index >= 15 is 0 Å². The number of hydrogen-bond donors (Lipinski definition) is 1. The Morgan fingerprint density at radius 1 is 1.29 bits per heavy atom. The Hall–Kier alpha value is -1.37. The molecule has 0 fully saturated rings. The number of thioether (sulfide) groups is 1. The third-order valence-corrected chi connectivity index (χ3v) is 4.26. The molecule has 2 rings (SSSR count). The maximum atomic E-state index is 6.18. The van der Waals surface area contributed by atoms with Gasteiger partial charge in [-0.05, 0) is 31.5 Å². The first kappa shape index (κ1) is 16.0. The predicted molar refractivity (Wildman–Crippen MR) is 86.2 cm³/mol. The third kappa shape index (κ3) is 3.84. The van der Waals surface area contributed by atoms with Crippen LogP contribution in [0, 0.1) is 0 Å². The topological polar surface area (TPSA) is 68.2 Å². The number of nitrogens with two attached hydrogens (primary N) is 1. The minimum atomic E-state index is -0.233. The molecule has 0 radical (unpaired) electrons. The lowest BCUT2D eigenvalue weighted by molar-refractivity contribution is 0.278. The van der Waals surface area contributed by atoms with Crippen molar-refractivity contribution >= 4 is 11.8 Å². The molecule has 114 valence electrons. The number of rotatable bonds is 7. The van der Waals surface area contributed by atoms with Crippen molar-refractivity contribution in [2.75, 3.05) is 25.9 Å². The molecule has 0 saturated heterocycles. The first-order chi connectivity index (χ1) is 10.2. The van der Waals surface area contributed by atoms with Crippen LogP contribution in [0.4, 0.5) is 0 Å². The Morgan fingerprint density at radius 3 is 2.67 bits per heavy atom. The molecule has 1 atom stereocenters. The third-order valence-electron chi connectivity index (χ3n) is 3.46. The monoisotopic (exact) mass is 306 g/mol. The fraction of sp³-hybridized carbons (Fsp3) is 0.467. The molecule has 0 aliphatic rings. The van der Waals surface area contributed by atoms with E-state index in [0.29, 0.717) is 11.7 Å². The smallest absolute Gasteiger partial charge is 0.259 e. The lowest BCUT2D eigenvalue weighted by Gasteiger charge is -2.20. The molecule has 21 heavy (non-hydrogen) atoms. The summed E-state index contributed by atoms with van der Waals surface area (Å²) in [5.41, 5.74) is 7.13. The summed E-state index contributed by atoms with van der Waals surface area (Å²) in [7, 11) is 0. The summed E-state index contributed by atoms with van der Waals surface area (Å²) in [5, 5.41) is 4.04. The first-order valence-electron chi connectivity index (χ1n) is 7.14. The quantitative estimate of drug-likeness (QED) is 0.793. The SMILES string of the molecule is CCN(CC)CC(N)c1noc(-c2ccccc2SC)n1. The van der Waals surface area contributed by atoms with Crippen molar-refractivity contribution in [3.05, 3.63) is 30.1 Å². The van der Waals surface area contributed by atoms with Gasteiger partial charge in [0.1, 0.15) is 0 Å². The van der Waals surface area contributed by atoms with Gasteiger partial charge in [0.2, 0.25) is 0 Å². The molecule has 2 aromatic rings. The summed E-state index contributed by atoms with van der Waals surface area (Å²) in [4.78, 5) is 7.83. The summed E-state index contributed by atoms with van der Waals surface area (Å²) >= 11 is 1.66. The predicted octanol–water partition coefficient (Wildman–Crippen LogP) is 2.80. The number of likely N-dealkylation sites (N-methyl/N-ethyl adjacent to an activating group) is 1. The molecule has 0 saturated carbocycles. The van der Waals surface area contributed by atoms with Gasteiger partial charge in [-0.15, -0.1) is 11.8 Å². The molecular weight excluding hydrogens is 284 g/mol. The lowest BCUT2D eigenvalue weighted by atomic mass is 10.2. The molecule has 0 amide bonds. The molecular formula is C15H22N4OS. The van der Waals surface area contributed by atoms with E-state index in [4.69, 9.17) is 10.3 Å². The minimum absolute atomic E-state index is 0.233. The van der Waals surface area contributed by atoms with Crippen LogP contribution in [-0.2, 0) is 0 Å². The zero-order valence-electron chi connectivity index (χ0n) is 12.7. The molecule has 1 aromatic heterocycles. The van der Waals surface area contributed by atoms with Gasteiger partial charge in [-0.2, -0.15) is 4.98 Å². The van der Waals surface area contributed by atoms with Gasteiger partial charge in [-0.25, -0.2) is 0 Å². The molecule has 1 heterocycles. The molecule has 0 aliphatic carbocycles. The largest absolute Gasteiger partial charge is 0.334 e. The Bertz CT molecular complexity index is 568. The van der Waals surface area contributed by atoms with Gasteiger partial charge in [-0.1, -0.05) is 31.1 Å². The molecule has 6 heteroatoms. The van der Waals surface area contributed by atoms with E-state index in [1.807, 2.05) is 30.5 Å². The Labute approximate surface area is 129 Å². The van der Waals surface area contributed by atoms with E-state index in [0.717, 1.165) is 30.1 Å². The second-order valence-corrected chi connectivity index (χ2v) is 5.60. The van der Waals surface area contributed by atoms with Gasteiger partial charge in [0, 0.05) is 11.4 Å². The Balaban J connectivity index is 2.17. The maximum absolute atomic E-state index is 6.18. The zero-order chi connectivity index (χ0) is 15.2. The standard InChI is InChI=1S/C15H22N4OS/c1-4-19(5-2)10-12(16)14-17-15(20-18-14)11-8-6-7-9-13(11)21-3/h6-9,12H,4-5,10,16H2,1-3H3. The lowest BCUT2D eigenvalue weighted by Crippen LogP contribution is -2.32. The van der Waals surface area contributed by atoms with Crippen molar-refractivity contribution in [1.29, 1.82) is 0 Å². The van der Waals surface area contributed by atoms with E-state index < -0.39 is 0 Å². The minimum Gasteiger partial charge on any atom is -0.334 e. The molecule has 0 spiro atoms. The maximum Gasteiger partial charge on any atom is 0.259 e. The zero-order valence-corrected chi connectivity index (χ0v) is 13.6. The van der Waals surface area contributed by atoms with Crippen molar-refractivity contribution in [2.24, 2.45) is 5.73 Å². The summed E-state index contributed by atoms with van der Waals surface area (Å²) in [6.07, 6.45) is 2.03. The highest BCUT2D eigenvalue weighted by atomic mass is 32.2. The second kappa shape index (κ2) is 7.59. The van der Waals surface area contributed by atoms with E-state index in [9.17, 15) is 0 Å². The number of benzene rings is 1. The van der Waals surface area contributed by atoms with Crippen LogP contribution in [0.3, 0.4) is 0 Å². The van der Waals surface area contributed by atoms with Gasteiger partial charge in [0.25, 0.3) is 5.89 Å². The van der Waals surface area contributed by atoms with E-state index in [1.165, 1.54) is 0 Å². The van der Waals surface area contributed by atoms with Crippen molar-refractivity contribution < 1.29 is 4.52 Å². The van der Waals surface area contributed by atoms with Crippen LogP contribution in [0.2, 0.25) is 0 Å². The van der Waals surface area contributed by atoms with Crippen molar-refractivity contribution in [3.63, 3.8) is 0 Å². The Morgan fingerprint density at radius 2 is 2.00 bits per heavy atom. The van der Waals surface area contributed by atoms with E-state index in [-0.39, 0.29) is 6.04 Å². The van der Waals surface area contributed by atoms with Gasteiger partial charge in [0.05, 0.1) is 11.6 Å². The van der Waals surface area contributed by atoms with Crippen LogP contribution >= 0.6 is 11.8 Å². The van der Waals surface area contributed by atoms with Crippen molar-refractivity contribution in [3.8, 4) is 11.5 Å². The first-order valence-corrected chi connectivity index (χ1v) is 8.37. The molecule has 0 aliphatic heterocycles. The average Bonchev–Trinajstić information content (AvgIpc) is 3.02. The van der Waals surface area contributed by atoms with Crippen molar-refractivity contribution in [1.82, 2.24) is 15.0 Å². The second-order valence-electron chi connectivity index (χ2n) is 4.75. The van der Waals surface area contributed by atoms with Crippen LogP contribution in [0.5, 0.6) is 0 Å². The van der Waals surface area contributed by atoms with Gasteiger partial charge in [-0.3, -0.25) is 0 Å². The van der Waals surface area contributed by atoms with Gasteiger partial charge in [0.15, 0.2) is 5.82 Å². The molecule has 0 bridgehead atoms. The fourth-order valence-electron chi connectivity index (χ4n) is 2.16. The van der Waals surface area contributed by atoms with E-state index in [2.05, 4.69) is 28.9 Å². The summed E-state index contributed by atoms with van der Waals surface area (Å²) in [6, 6.07) is 7.76. The summed E-state index contributed by atoms with van der Waals surface area (Å²) in [6.45, 7) is 6.89. The Kier molecular flexibility index (Phi) is 5.78. The summed E-state index contributed by atoms with van der Waals surface area (Å²) in [5.74, 6) is 1.10. The van der Waals surface area contributed by atoms with Gasteiger partial charge < -0.3 is 15.2 Å². The number of nitrogens with zero attached hydrogens (tertiary/aromatic N) is 3. The van der Waals surface area contributed by atoms with Crippen LogP contribution in [0.15, 0.2) is 33.7 Å². The van der Waals surface area contributed by atoms with Crippen LogP contribution < -0.4 is 5.73 Å². The number of aromatic nitrogens is 2. The molecule has 1 aromatic carbocycles. The molecule has 5 nitrogen and oxygen atoms in total. The highest BCUT2D eigenvalue weighted by Gasteiger charge is 2.18. The van der Waals surface area contributed by atoms with Crippen LogP contribution in [-0.4, -0.2) is 40.9 Å².